The molecule has 3 nitrogen and oxygen atoms in total. The van der Waals surface area contributed by atoms with E-state index in [9.17, 15) is 10.1 Å². The predicted molar refractivity (Wildman–Crippen MR) is 78.3 cm³/mol. The van der Waals surface area contributed by atoms with E-state index >= 15 is 0 Å². The Balaban J connectivity index is 2.23. The summed E-state index contributed by atoms with van der Waals surface area (Å²) in [5.74, 6) is 3.32. The van der Waals surface area contributed by atoms with Crippen LogP contribution in [0.2, 0.25) is 0 Å². The van der Waals surface area contributed by atoms with E-state index in [4.69, 9.17) is 0 Å². The third-order valence-electron chi connectivity index (χ3n) is 2.88. The number of nitro benzene ring substituents is 1. The van der Waals surface area contributed by atoms with E-state index < -0.39 is 0 Å². The summed E-state index contributed by atoms with van der Waals surface area (Å²) in [6, 6.07) is 2.19. The first kappa shape index (κ1) is 12.1. The van der Waals surface area contributed by atoms with Gasteiger partial charge in [-0.25, -0.2) is 0 Å². The van der Waals surface area contributed by atoms with Gasteiger partial charge in [0.2, 0.25) is 0 Å². The SMILES string of the molecule is O=[N+]([O-])c1c2c(cc3c1CSSC3)CSSC2. The zero-order valence-corrected chi connectivity index (χ0v) is 12.1. The molecule has 0 N–H and O–H groups in total. The summed E-state index contributed by atoms with van der Waals surface area (Å²) in [4.78, 5) is 11.1. The van der Waals surface area contributed by atoms with Crippen LogP contribution in [0, 0.1) is 10.1 Å². The zero-order chi connectivity index (χ0) is 11.8. The smallest absolute Gasteiger partial charge is 0.258 e. The Morgan fingerprint density at radius 1 is 0.941 bits per heavy atom. The minimum Gasteiger partial charge on any atom is -0.258 e. The van der Waals surface area contributed by atoms with E-state index in [-0.39, 0.29) is 4.92 Å². The molecule has 3 rings (SSSR count). The quantitative estimate of drug-likeness (QED) is 0.435. The highest BCUT2D eigenvalue weighted by Crippen LogP contribution is 2.47. The molecule has 0 radical (unpaired) electrons. The van der Waals surface area contributed by atoms with E-state index in [0.29, 0.717) is 5.69 Å². The van der Waals surface area contributed by atoms with Gasteiger partial charge in [-0.05, 0) is 11.1 Å². The third-order valence-corrected chi connectivity index (χ3v) is 7.30. The first-order valence-electron chi connectivity index (χ1n) is 5.07. The van der Waals surface area contributed by atoms with Gasteiger partial charge in [0.15, 0.2) is 0 Å². The molecule has 1 aromatic rings. The van der Waals surface area contributed by atoms with Crippen molar-refractivity contribution in [2.75, 3.05) is 0 Å². The highest BCUT2D eigenvalue weighted by molar-refractivity contribution is 8.76. The highest BCUT2D eigenvalue weighted by atomic mass is 33.1. The summed E-state index contributed by atoms with van der Waals surface area (Å²) in [5.41, 5.74) is 4.67. The molecule has 0 saturated carbocycles. The van der Waals surface area contributed by atoms with Crippen LogP contribution in [0.15, 0.2) is 6.07 Å². The van der Waals surface area contributed by atoms with Gasteiger partial charge in [-0.15, -0.1) is 0 Å². The molecule has 0 aromatic heterocycles. The molecule has 2 heterocycles. The molecule has 90 valence electrons. The van der Waals surface area contributed by atoms with Gasteiger partial charge in [-0.3, -0.25) is 10.1 Å². The average Bonchev–Trinajstić information content (AvgIpc) is 2.35. The van der Waals surface area contributed by atoms with Crippen LogP contribution in [0.4, 0.5) is 5.69 Å². The van der Waals surface area contributed by atoms with Crippen LogP contribution in [0.1, 0.15) is 22.3 Å². The second kappa shape index (κ2) is 4.95. The maximum Gasteiger partial charge on any atom is 0.278 e. The lowest BCUT2D eigenvalue weighted by molar-refractivity contribution is -0.386. The number of nitro groups is 1. The van der Waals surface area contributed by atoms with Crippen molar-refractivity contribution in [2.24, 2.45) is 0 Å². The van der Waals surface area contributed by atoms with Crippen LogP contribution < -0.4 is 0 Å². The minimum atomic E-state index is -0.176. The summed E-state index contributed by atoms with van der Waals surface area (Å²) in [7, 11) is 7.02. The van der Waals surface area contributed by atoms with Crippen molar-refractivity contribution >= 4 is 48.9 Å². The molecule has 0 bridgehead atoms. The fourth-order valence-electron chi connectivity index (χ4n) is 2.08. The van der Waals surface area contributed by atoms with Crippen molar-refractivity contribution in [3.8, 4) is 0 Å². The molecular formula is C10H9NO2S4. The van der Waals surface area contributed by atoms with Crippen molar-refractivity contribution in [2.45, 2.75) is 23.0 Å². The highest BCUT2D eigenvalue weighted by Gasteiger charge is 2.29. The van der Waals surface area contributed by atoms with E-state index in [2.05, 4.69) is 6.07 Å². The monoisotopic (exact) mass is 303 g/mol. The van der Waals surface area contributed by atoms with Crippen molar-refractivity contribution in [1.82, 2.24) is 0 Å². The van der Waals surface area contributed by atoms with Crippen LogP contribution in [-0.2, 0) is 23.0 Å². The fraction of sp³-hybridized carbons (Fsp3) is 0.400. The maximum atomic E-state index is 11.3. The Bertz CT molecular complexity index is 457. The number of rotatable bonds is 1. The number of benzene rings is 1. The van der Waals surface area contributed by atoms with Gasteiger partial charge >= 0.3 is 0 Å². The molecule has 7 heteroatoms. The molecule has 0 unspecified atom stereocenters. The molecule has 0 amide bonds. The molecule has 0 fully saturated rings. The average molecular weight is 303 g/mol. The summed E-state index contributed by atoms with van der Waals surface area (Å²) in [5, 5.41) is 11.3. The van der Waals surface area contributed by atoms with Crippen molar-refractivity contribution < 1.29 is 4.92 Å². The van der Waals surface area contributed by atoms with Crippen LogP contribution in [0.3, 0.4) is 0 Å². The number of nitrogens with zero attached hydrogens (tertiary/aromatic N) is 1. The summed E-state index contributed by atoms with van der Waals surface area (Å²) in [6.45, 7) is 0. The van der Waals surface area contributed by atoms with Gasteiger partial charge in [0.05, 0.1) is 4.92 Å². The summed E-state index contributed by atoms with van der Waals surface area (Å²) < 4.78 is 0. The van der Waals surface area contributed by atoms with Crippen molar-refractivity contribution in [1.29, 1.82) is 0 Å². The van der Waals surface area contributed by atoms with Crippen LogP contribution >= 0.6 is 43.2 Å². The van der Waals surface area contributed by atoms with Crippen LogP contribution in [0.5, 0.6) is 0 Å². The molecule has 17 heavy (non-hydrogen) atoms. The Morgan fingerprint density at radius 3 is 1.88 bits per heavy atom. The Morgan fingerprint density at radius 2 is 1.41 bits per heavy atom. The third kappa shape index (κ3) is 2.18. The lowest BCUT2D eigenvalue weighted by Gasteiger charge is -2.21. The van der Waals surface area contributed by atoms with E-state index in [1.54, 1.807) is 43.2 Å². The van der Waals surface area contributed by atoms with E-state index in [0.717, 1.165) is 34.1 Å². The largest absolute Gasteiger partial charge is 0.278 e. The van der Waals surface area contributed by atoms with Crippen LogP contribution in [-0.4, -0.2) is 4.92 Å². The molecule has 0 spiro atoms. The molecule has 2 aliphatic heterocycles. The minimum absolute atomic E-state index is 0.176. The Labute approximate surface area is 115 Å². The Kier molecular flexibility index (Phi) is 3.52. The molecule has 0 saturated heterocycles. The predicted octanol–water partition coefficient (Wildman–Crippen LogP) is 4.38. The number of hydrogen-bond donors (Lipinski definition) is 0. The van der Waals surface area contributed by atoms with E-state index in [1.807, 2.05) is 0 Å². The van der Waals surface area contributed by atoms with Gasteiger partial charge in [0, 0.05) is 34.1 Å². The molecule has 1 aromatic carbocycles. The second-order valence-electron chi connectivity index (χ2n) is 3.81. The normalized spacial score (nSPS) is 18.4. The molecule has 0 aliphatic carbocycles. The van der Waals surface area contributed by atoms with Gasteiger partial charge in [-0.1, -0.05) is 49.2 Å². The summed E-state index contributed by atoms with van der Waals surface area (Å²) >= 11 is 0. The zero-order valence-electron chi connectivity index (χ0n) is 8.80. The fourth-order valence-corrected chi connectivity index (χ4v) is 6.53. The van der Waals surface area contributed by atoms with Gasteiger partial charge in [0.25, 0.3) is 5.69 Å². The van der Waals surface area contributed by atoms with Crippen molar-refractivity contribution in [3.63, 3.8) is 0 Å². The Hall–Kier alpha value is 0.0200. The standard InChI is InChI=1S/C10H9NO2S4/c12-11(13)10-8-4-16-14-2-6(8)1-7-3-15-17-5-9(7)10/h1H,2-5H2. The number of fused-ring (bicyclic) bond motifs is 2. The summed E-state index contributed by atoms with van der Waals surface area (Å²) in [6.07, 6.45) is 0. The number of hydrogen-bond acceptors (Lipinski definition) is 6. The molecule has 0 atom stereocenters. The van der Waals surface area contributed by atoms with Gasteiger partial charge in [0.1, 0.15) is 0 Å². The van der Waals surface area contributed by atoms with Gasteiger partial charge < -0.3 is 0 Å². The van der Waals surface area contributed by atoms with Crippen LogP contribution in [0.25, 0.3) is 0 Å². The first-order valence-corrected chi connectivity index (χ1v) is 10.0. The topological polar surface area (TPSA) is 43.1 Å². The molecule has 2 aliphatic rings. The first-order chi connectivity index (χ1) is 8.27. The molecular weight excluding hydrogens is 294 g/mol. The van der Waals surface area contributed by atoms with E-state index in [1.165, 1.54) is 11.1 Å². The van der Waals surface area contributed by atoms with Crippen molar-refractivity contribution in [3.05, 3.63) is 38.4 Å². The lowest BCUT2D eigenvalue weighted by Crippen LogP contribution is -2.09. The maximum absolute atomic E-state index is 11.3. The van der Waals surface area contributed by atoms with Gasteiger partial charge in [-0.2, -0.15) is 0 Å². The lowest BCUT2D eigenvalue weighted by atomic mass is 9.98. The second-order valence-corrected chi connectivity index (χ2v) is 8.73.